The molecule has 0 aliphatic carbocycles. The zero-order valence-corrected chi connectivity index (χ0v) is 18.3. The van der Waals surface area contributed by atoms with Gasteiger partial charge in [0.2, 0.25) is 10.0 Å². The summed E-state index contributed by atoms with van der Waals surface area (Å²) >= 11 is 0. The van der Waals surface area contributed by atoms with Crippen molar-refractivity contribution in [2.24, 2.45) is 0 Å². The average molecular weight is 432 g/mol. The number of carbonyl (C=O) groups is 1. The second-order valence-electron chi connectivity index (χ2n) is 7.53. The summed E-state index contributed by atoms with van der Waals surface area (Å²) in [5, 5.41) is 2.84. The maximum Gasteiger partial charge on any atom is 0.317 e. The van der Waals surface area contributed by atoms with E-state index >= 15 is 0 Å². The number of nitrogens with zero attached hydrogens (tertiary/aromatic N) is 2. The summed E-state index contributed by atoms with van der Waals surface area (Å²) in [5.74, 6) is 0.773. The van der Waals surface area contributed by atoms with E-state index in [2.05, 4.69) is 11.4 Å². The summed E-state index contributed by atoms with van der Waals surface area (Å²) in [6.07, 6.45) is 0. The van der Waals surface area contributed by atoms with Crippen LogP contribution in [-0.4, -0.2) is 63.0 Å². The first-order chi connectivity index (χ1) is 14.3. The molecule has 1 saturated heterocycles. The van der Waals surface area contributed by atoms with Crippen LogP contribution in [0, 0.1) is 13.8 Å². The number of urea groups is 1. The van der Waals surface area contributed by atoms with Crippen LogP contribution in [0.15, 0.2) is 48.5 Å². The lowest BCUT2D eigenvalue weighted by Crippen LogP contribution is -2.53. The Balaban J connectivity index is 1.40. The van der Waals surface area contributed by atoms with Crippen LogP contribution in [0.1, 0.15) is 16.7 Å². The van der Waals surface area contributed by atoms with Crippen molar-refractivity contribution in [3.8, 4) is 5.75 Å². The summed E-state index contributed by atoms with van der Waals surface area (Å²) in [5.41, 5.74) is 3.03. The molecule has 1 aliphatic heterocycles. The van der Waals surface area contributed by atoms with Crippen LogP contribution < -0.4 is 10.1 Å². The maximum absolute atomic E-state index is 12.6. The number of benzene rings is 2. The van der Waals surface area contributed by atoms with E-state index in [1.807, 2.05) is 44.2 Å². The third kappa shape index (κ3) is 6.21. The van der Waals surface area contributed by atoms with Gasteiger partial charge in [-0.1, -0.05) is 36.4 Å². The van der Waals surface area contributed by atoms with E-state index < -0.39 is 10.0 Å². The minimum Gasteiger partial charge on any atom is -0.492 e. The molecular weight excluding hydrogens is 402 g/mol. The molecule has 1 fully saturated rings. The fourth-order valence-electron chi connectivity index (χ4n) is 3.50. The normalized spacial score (nSPS) is 15.1. The standard InChI is InChI=1S/C22H29N3O4S/c1-18-14-19(2)16-21(15-18)29-13-8-23-22(26)24-9-11-25(12-10-24)30(27,28)17-20-6-4-3-5-7-20/h3-7,14-16H,8-13,17H2,1-2H3,(H,23,26). The highest BCUT2D eigenvalue weighted by Gasteiger charge is 2.28. The number of rotatable bonds is 7. The first-order valence-electron chi connectivity index (χ1n) is 10.1. The van der Waals surface area contributed by atoms with E-state index in [9.17, 15) is 13.2 Å². The maximum atomic E-state index is 12.6. The lowest BCUT2D eigenvalue weighted by molar-refractivity contribution is 0.170. The van der Waals surface area contributed by atoms with Crippen molar-refractivity contribution >= 4 is 16.1 Å². The number of amides is 2. The zero-order valence-electron chi connectivity index (χ0n) is 17.5. The molecule has 0 aromatic heterocycles. The highest BCUT2D eigenvalue weighted by atomic mass is 32.2. The van der Waals surface area contributed by atoms with Gasteiger partial charge in [-0.15, -0.1) is 0 Å². The largest absolute Gasteiger partial charge is 0.492 e. The molecule has 3 rings (SSSR count). The molecule has 2 amide bonds. The van der Waals surface area contributed by atoms with Crippen LogP contribution in [0.25, 0.3) is 0 Å². The lowest BCUT2D eigenvalue weighted by atomic mass is 10.1. The van der Waals surface area contributed by atoms with Crippen LogP contribution in [-0.2, 0) is 15.8 Å². The molecule has 0 unspecified atom stereocenters. The third-order valence-corrected chi connectivity index (χ3v) is 6.80. The van der Waals surface area contributed by atoms with Gasteiger partial charge in [0.05, 0.1) is 12.3 Å². The average Bonchev–Trinajstić information content (AvgIpc) is 2.71. The molecule has 2 aromatic rings. The summed E-state index contributed by atoms with van der Waals surface area (Å²) in [4.78, 5) is 14.0. The number of ether oxygens (including phenoxy) is 1. The molecule has 0 spiro atoms. The van der Waals surface area contributed by atoms with Gasteiger partial charge in [0, 0.05) is 26.2 Å². The molecule has 7 nitrogen and oxygen atoms in total. The molecule has 8 heteroatoms. The Morgan fingerprint density at radius 2 is 1.63 bits per heavy atom. The molecule has 30 heavy (non-hydrogen) atoms. The van der Waals surface area contributed by atoms with E-state index in [0.29, 0.717) is 39.3 Å². The Bertz CT molecular complexity index is 935. The highest BCUT2D eigenvalue weighted by molar-refractivity contribution is 7.88. The van der Waals surface area contributed by atoms with Gasteiger partial charge >= 0.3 is 6.03 Å². The topological polar surface area (TPSA) is 79.0 Å². The van der Waals surface area contributed by atoms with Crippen LogP contribution in [0.2, 0.25) is 0 Å². The molecule has 1 N–H and O–H groups in total. The van der Waals surface area contributed by atoms with Gasteiger partial charge < -0.3 is 15.0 Å². The predicted octanol–water partition coefficient (Wildman–Crippen LogP) is 2.54. The molecule has 1 heterocycles. The molecule has 1 aliphatic rings. The zero-order chi connectivity index (χ0) is 21.6. The van der Waals surface area contributed by atoms with Crippen LogP contribution in [0.5, 0.6) is 5.75 Å². The van der Waals surface area contributed by atoms with Crippen molar-refractivity contribution < 1.29 is 17.9 Å². The number of sulfonamides is 1. The number of hydrogen-bond donors (Lipinski definition) is 1. The van der Waals surface area contributed by atoms with Crippen LogP contribution >= 0.6 is 0 Å². The number of carbonyl (C=O) groups excluding carboxylic acids is 1. The Morgan fingerprint density at radius 3 is 2.27 bits per heavy atom. The molecule has 162 valence electrons. The van der Waals surface area contributed by atoms with Crippen molar-refractivity contribution in [3.63, 3.8) is 0 Å². The molecule has 2 aromatic carbocycles. The summed E-state index contributed by atoms with van der Waals surface area (Å²) in [7, 11) is -3.39. The predicted molar refractivity (Wildman–Crippen MR) is 117 cm³/mol. The van der Waals surface area contributed by atoms with Gasteiger partial charge in [-0.05, 0) is 42.7 Å². The van der Waals surface area contributed by atoms with Crippen molar-refractivity contribution in [2.45, 2.75) is 19.6 Å². The van der Waals surface area contributed by atoms with Gasteiger partial charge in [-0.25, -0.2) is 13.2 Å². The van der Waals surface area contributed by atoms with Crippen molar-refractivity contribution in [2.75, 3.05) is 39.3 Å². The Hall–Kier alpha value is -2.58. The van der Waals surface area contributed by atoms with E-state index in [-0.39, 0.29) is 11.8 Å². The summed E-state index contributed by atoms with van der Waals surface area (Å²) < 4.78 is 32.4. The Kier molecular flexibility index (Phi) is 7.33. The number of piperazine rings is 1. The minimum absolute atomic E-state index is 0.0180. The minimum atomic E-state index is -3.39. The Morgan fingerprint density at radius 1 is 1.00 bits per heavy atom. The van der Waals surface area contributed by atoms with Gasteiger partial charge in [0.25, 0.3) is 0 Å². The molecule has 0 saturated carbocycles. The first-order valence-corrected chi connectivity index (χ1v) is 11.7. The summed E-state index contributed by atoms with van der Waals surface area (Å²) in [6.45, 7) is 6.15. The van der Waals surface area contributed by atoms with Gasteiger partial charge in [0.15, 0.2) is 0 Å². The fourth-order valence-corrected chi connectivity index (χ4v) is 5.02. The molecule has 0 atom stereocenters. The smallest absolute Gasteiger partial charge is 0.317 e. The van der Waals surface area contributed by atoms with Crippen molar-refractivity contribution in [1.82, 2.24) is 14.5 Å². The van der Waals surface area contributed by atoms with Gasteiger partial charge in [-0.2, -0.15) is 4.31 Å². The van der Waals surface area contributed by atoms with Crippen LogP contribution in [0.3, 0.4) is 0 Å². The van der Waals surface area contributed by atoms with Crippen molar-refractivity contribution in [3.05, 3.63) is 65.2 Å². The second kappa shape index (κ2) is 9.95. The van der Waals surface area contributed by atoms with E-state index in [4.69, 9.17) is 4.74 Å². The molecular formula is C22H29N3O4S. The highest BCUT2D eigenvalue weighted by Crippen LogP contribution is 2.16. The van der Waals surface area contributed by atoms with Crippen molar-refractivity contribution in [1.29, 1.82) is 0 Å². The molecule has 0 bridgehead atoms. The Labute approximate surface area is 178 Å². The lowest BCUT2D eigenvalue weighted by Gasteiger charge is -2.34. The summed E-state index contributed by atoms with van der Waals surface area (Å²) in [6, 6.07) is 14.9. The first kappa shape index (κ1) is 22.1. The third-order valence-electron chi connectivity index (χ3n) is 4.95. The SMILES string of the molecule is Cc1cc(C)cc(OCCNC(=O)N2CCN(S(=O)(=O)Cc3ccccc3)CC2)c1. The monoisotopic (exact) mass is 431 g/mol. The fraction of sp³-hybridized carbons (Fsp3) is 0.409. The van der Waals surface area contributed by atoms with E-state index in [1.54, 1.807) is 17.0 Å². The van der Waals surface area contributed by atoms with E-state index in [0.717, 1.165) is 22.4 Å². The number of hydrogen-bond acceptors (Lipinski definition) is 4. The second-order valence-corrected chi connectivity index (χ2v) is 9.50. The quantitative estimate of drug-likeness (QED) is 0.684. The van der Waals surface area contributed by atoms with Crippen LogP contribution in [0.4, 0.5) is 4.79 Å². The molecule has 0 radical (unpaired) electrons. The van der Waals surface area contributed by atoms with E-state index in [1.165, 1.54) is 4.31 Å². The van der Waals surface area contributed by atoms with Gasteiger partial charge in [-0.3, -0.25) is 0 Å². The number of aryl methyl sites for hydroxylation is 2. The van der Waals surface area contributed by atoms with Gasteiger partial charge in [0.1, 0.15) is 12.4 Å². The number of nitrogens with one attached hydrogen (secondary N) is 1.